The highest BCUT2D eigenvalue weighted by molar-refractivity contribution is 5.99. The van der Waals surface area contributed by atoms with E-state index in [9.17, 15) is 14.4 Å². The number of methoxy groups -OCH3 is 1. The number of ketones is 1. The Hall–Kier alpha value is -2.49. The molecule has 4 aliphatic rings. The summed E-state index contributed by atoms with van der Waals surface area (Å²) in [6.07, 6.45) is 5.42. The predicted octanol–water partition coefficient (Wildman–Crippen LogP) is 2.18. The van der Waals surface area contributed by atoms with Gasteiger partial charge in [0, 0.05) is 44.5 Å². The van der Waals surface area contributed by atoms with E-state index in [1.807, 2.05) is 12.1 Å². The molecule has 1 aromatic carbocycles. The molecule has 0 unspecified atom stereocenters. The van der Waals surface area contributed by atoms with Crippen molar-refractivity contribution < 1.29 is 23.9 Å². The van der Waals surface area contributed by atoms with E-state index >= 15 is 0 Å². The molecule has 0 bridgehead atoms. The number of fused-ring (bicyclic) bond motifs is 1. The Kier molecular flexibility index (Phi) is 8.35. The third-order valence-corrected chi connectivity index (χ3v) is 9.02. The number of carbonyl (C=O) groups excluding carboxylic acids is 3. The van der Waals surface area contributed by atoms with Gasteiger partial charge in [-0.1, -0.05) is 26.2 Å². The molecule has 0 spiro atoms. The van der Waals surface area contributed by atoms with E-state index in [0.29, 0.717) is 17.7 Å². The lowest BCUT2D eigenvalue weighted by molar-refractivity contribution is -0.139. The molecule has 3 aliphatic heterocycles. The Morgan fingerprint density at radius 3 is 2.53 bits per heavy atom. The zero-order valence-corrected chi connectivity index (χ0v) is 22.8. The number of likely N-dealkylation sites (tertiary alicyclic amines) is 1. The quantitative estimate of drug-likeness (QED) is 0.554. The minimum absolute atomic E-state index is 0.000894. The van der Waals surface area contributed by atoms with Crippen LogP contribution in [0.2, 0.25) is 0 Å². The van der Waals surface area contributed by atoms with Crippen LogP contribution in [-0.4, -0.2) is 98.6 Å². The lowest BCUT2D eigenvalue weighted by atomic mass is 9.74. The summed E-state index contributed by atoms with van der Waals surface area (Å²) >= 11 is 0. The molecule has 0 radical (unpaired) electrons. The topological polar surface area (TPSA) is 105 Å². The molecule has 3 heterocycles. The second-order valence-corrected chi connectivity index (χ2v) is 11.3. The third-order valence-electron chi connectivity index (χ3n) is 9.02. The van der Waals surface area contributed by atoms with Gasteiger partial charge in [-0.15, -0.1) is 0 Å². The number of nitrogens with two attached hydrogens (primary N) is 1. The van der Waals surface area contributed by atoms with Crippen molar-refractivity contribution in [3.05, 3.63) is 29.3 Å². The average molecular weight is 527 g/mol. The van der Waals surface area contributed by atoms with Gasteiger partial charge in [-0.25, -0.2) is 0 Å². The van der Waals surface area contributed by atoms with Gasteiger partial charge in [0.2, 0.25) is 11.8 Å². The van der Waals surface area contributed by atoms with Crippen LogP contribution < -0.4 is 10.6 Å². The van der Waals surface area contributed by atoms with Gasteiger partial charge in [0.05, 0.1) is 12.5 Å². The molecule has 4 atom stereocenters. The van der Waals surface area contributed by atoms with Crippen LogP contribution in [-0.2, 0) is 19.1 Å². The van der Waals surface area contributed by atoms with Crippen molar-refractivity contribution in [3.8, 4) is 0 Å². The smallest absolute Gasteiger partial charge is 0.249 e. The lowest BCUT2D eigenvalue weighted by Gasteiger charge is -2.37. The molecule has 2 N–H and O–H groups in total. The molecule has 1 saturated carbocycles. The van der Waals surface area contributed by atoms with E-state index in [-0.39, 0.29) is 30.3 Å². The van der Waals surface area contributed by atoms with Crippen molar-refractivity contribution in [2.45, 2.75) is 69.6 Å². The summed E-state index contributed by atoms with van der Waals surface area (Å²) in [5.74, 6) is -1.17. The Morgan fingerprint density at radius 1 is 1.13 bits per heavy atom. The number of carbonyl (C=O) groups is 3. The molecule has 1 aliphatic carbocycles. The van der Waals surface area contributed by atoms with E-state index in [4.69, 9.17) is 15.2 Å². The van der Waals surface area contributed by atoms with Gasteiger partial charge < -0.3 is 25.0 Å². The SMILES string of the molecule is CCCN1CCN(c2ccc(C(N)=O)c([C@@H](C(=O)N3C[C@H](OC)[C@H]4OCC(=O)[C@H]43)C3CCCCC3)c2)CC1. The summed E-state index contributed by atoms with van der Waals surface area (Å²) in [6, 6.07) is 5.15. The number of ether oxygens (including phenoxy) is 2. The molecule has 5 rings (SSSR count). The largest absolute Gasteiger partial charge is 0.377 e. The Labute approximate surface area is 225 Å². The van der Waals surface area contributed by atoms with Crippen LogP contribution in [0.4, 0.5) is 5.69 Å². The van der Waals surface area contributed by atoms with Crippen LogP contribution in [0.25, 0.3) is 0 Å². The van der Waals surface area contributed by atoms with Crippen LogP contribution in [0.1, 0.15) is 67.3 Å². The first-order valence-corrected chi connectivity index (χ1v) is 14.3. The van der Waals surface area contributed by atoms with E-state index < -0.39 is 24.0 Å². The van der Waals surface area contributed by atoms with Crippen molar-refractivity contribution in [3.63, 3.8) is 0 Å². The van der Waals surface area contributed by atoms with E-state index in [2.05, 4.69) is 16.7 Å². The number of piperazine rings is 1. The number of anilines is 1. The molecule has 4 fully saturated rings. The van der Waals surface area contributed by atoms with E-state index in [0.717, 1.165) is 76.9 Å². The van der Waals surface area contributed by atoms with Gasteiger partial charge in [-0.05, 0) is 55.5 Å². The van der Waals surface area contributed by atoms with Crippen molar-refractivity contribution in [2.75, 3.05) is 57.9 Å². The van der Waals surface area contributed by atoms with Gasteiger partial charge in [0.25, 0.3) is 0 Å². The Balaban J connectivity index is 1.50. The number of nitrogens with zero attached hydrogens (tertiary/aromatic N) is 3. The highest BCUT2D eigenvalue weighted by Crippen LogP contribution is 2.42. The first-order chi connectivity index (χ1) is 18.4. The molecule has 3 saturated heterocycles. The summed E-state index contributed by atoms with van der Waals surface area (Å²) in [4.78, 5) is 46.4. The fraction of sp³-hybridized carbons (Fsp3) is 0.690. The Bertz CT molecular complexity index is 1030. The van der Waals surface area contributed by atoms with Crippen LogP contribution >= 0.6 is 0 Å². The predicted molar refractivity (Wildman–Crippen MR) is 144 cm³/mol. The van der Waals surface area contributed by atoms with Crippen LogP contribution in [0, 0.1) is 5.92 Å². The fourth-order valence-electron chi connectivity index (χ4n) is 7.06. The van der Waals surface area contributed by atoms with Gasteiger partial charge in [0.15, 0.2) is 5.78 Å². The van der Waals surface area contributed by atoms with Crippen molar-refractivity contribution in [1.82, 2.24) is 9.80 Å². The second kappa shape index (κ2) is 11.7. The molecule has 9 nitrogen and oxygen atoms in total. The molecule has 208 valence electrons. The van der Waals surface area contributed by atoms with Gasteiger partial charge in [0.1, 0.15) is 24.9 Å². The molecule has 0 aromatic heterocycles. The first-order valence-electron chi connectivity index (χ1n) is 14.3. The van der Waals surface area contributed by atoms with Crippen LogP contribution in [0.5, 0.6) is 0 Å². The number of hydrogen-bond donors (Lipinski definition) is 1. The normalized spacial score (nSPS) is 27.5. The van der Waals surface area contributed by atoms with Gasteiger partial charge >= 0.3 is 0 Å². The molecular weight excluding hydrogens is 484 g/mol. The molecular formula is C29H42N4O5. The fourth-order valence-corrected chi connectivity index (χ4v) is 7.06. The highest BCUT2D eigenvalue weighted by Gasteiger charge is 2.54. The maximum atomic E-state index is 14.5. The average Bonchev–Trinajstić information content (AvgIpc) is 3.50. The number of benzene rings is 1. The van der Waals surface area contributed by atoms with Crippen molar-refractivity contribution in [2.24, 2.45) is 11.7 Å². The zero-order chi connectivity index (χ0) is 26.8. The van der Waals surface area contributed by atoms with Gasteiger partial charge in [-0.2, -0.15) is 0 Å². The van der Waals surface area contributed by atoms with E-state index in [1.165, 1.54) is 0 Å². The third kappa shape index (κ3) is 5.20. The van der Waals surface area contributed by atoms with Crippen LogP contribution in [0.15, 0.2) is 18.2 Å². The molecule has 38 heavy (non-hydrogen) atoms. The summed E-state index contributed by atoms with van der Waals surface area (Å²) in [5.41, 5.74) is 8.01. The molecule has 1 aromatic rings. The number of hydrogen-bond acceptors (Lipinski definition) is 7. The van der Waals surface area contributed by atoms with Crippen molar-refractivity contribution in [1.29, 1.82) is 0 Å². The standard InChI is InChI=1S/C29H42N4O5/c1-3-11-31-12-14-32(15-13-31)20-9-10-21(28(30)35)22(16-20)25(19-7-5-4-6-8-19)29(36)33-17-24(37-2)27-26(33)23(34)18-38-27/h9-10,16,19,24-27H,3-8,11-15,17-18H2,1-2H3,(H2,30,35)/t24-,25-,26+,27+/m0/s1. The maximum absolute atomic E-state index is 14.5. The summed E-state index contributed by atoms with van der Waals surface area (Å²) in [6.45, 7) is 7.38. The lowest BCUT2D eigenvalue weighted by Crippen LogP contribution is -2.47. The molecule has 2 amide bonds. The number of rotatable bonds is 8. The maximum Gasteiger partial charge on any atom is 0.249 e. The summed E-state index contributed by atoms with van der Waals surface area (Å²) < 4.78 is 11.4. The van der Waals surface area contributed by atoms with E-state index in [1.54, 1.807) is 18.1 Å². The van der Waals surface area contributed by atoms with Crippen molar-refractivity contribution >= 4 is 23.3 Å². The minimum atomic E-state index is -0.634. The Morgan fingerprint density at radius 2 is 1.87 bits per heavy atom. The number of primary amides is 1. The number of Topliss-reactive ketones (excluding diaryl/α,β-unsaturated/α-hetero) is 1. The van der Waals surface area contributed by atoms with Gasteiger partial charge in [-0.3, -0.25) is 19.3 Å². The highest BCUT2D eigenvalue weighted by atomic mass is 16.5. The monoisotopic (exact) mass is 526 g/mol. The summed E-state index contributed by atoms with van der Waals surface area (Å²) in [5, 5.41) is 0. The minimum Gasteiger partial charge on any atom is -0.377 e. The van der Waals surface area contributed by atoms with Crippen LogP contribution in [0.3, 0.4) is 0 Å². The zero-order valence-electron chi connectivity index (χ0n) is 22.8. The summed E-state index contributed by atoms with van der Waals surface area (Å²) in [7, 11) is 1.59. The first kappa shape index (κ1) is 27.1. The second-order valence-electron chi connectivity index (χ2n) is 11.3. The molecule has 9 heteroatoms. The number of amides is 2.